The van der Waals surface area contributed by atoms with Gasteiger partial charge in [-0.3, -0.25) is 0 Å². The van der Waals surface area contributed by atoms with Crippen LogP contribution in [-0.4, -0.2) is 11.9 Å². The molecule has 0 amide bonds. The van der Waals surface area contributed by atoms with E-state index in [0.717, 1.165) is 5.22 Å². The number of hydrogen-bond donors (Lipinski definition) is 0. The van der Waals surface area contributed by atoms with Crippen molar-refractivity contribution in [1.29, 1.82) is 0 Å². The van der Waals surface area contributed by atoms with Gasteiger partial charge in [0, 0.05) is 23.4 Å². The Kier molecular flexibility index (Phi) is 9.27. The molecule has 138 valence electrons. The molecule has 0 atom stereocenters. The summed E-state index contributed by atoms with van der Waals surface area (Å²) >= 11 is 0. The van der Waals surface area contributed by atoms with E-state index >= 15 is 0 Å². The topological polar surface area (TPSA) is 3.24 Å². The molecule has 25 heavy (non-hydrogen) atoms. The highest BCUT2D eigenvalue weighted by atomic mass is 15.1. The van der Waals surface area contributed by atoms with Gasteiger partial charge < -0.3 is 4.90 Å². The Balaban J connectivity index is 0.00000134. The first-order chi connectivity index (χ1) is 11.9. The standard InChI is InChI=1S/C20H25N.2C2H6/c1-8-17-19(16-13-11-10-12-14(16)3)21(7)18(9-2)15(4)20(17,5)6;2*1-2/h8-13H,2-3H2,1,4-7H3;2*1-2H3/b17-8+,19-16+;;. The first-order valence-electron chi connectivity index (χ1n) is 9.39. The molecule has 0 aromatic heterocycles. The van der Waals surface area contributed by atoms with E-state index in [1.165, 1.54) is 27.8 Å². The van der Waals surface area contributed by atoms with E-state index < -0.39 is 0 Å². The van der Waals surface area contributed by atoms with Crippen molar-refractivity contribution in [3.8, 4) is 0 Å². The number of rotatable bonds is 1. The first-order valence-corrected chi connectivity index (χ1v) is 9.39. The maximum absolute atomic E-state index is 4.20. The first kappa shape index (κ1) is 23.0. The number of likely N-dealkylation sites (N-methyl/N-ethyl adjacent to an activating group) is 1. The van der Waals surface area contributed by atoms with Crippen LogP contribution in [0.15, 0.2) is 59.8 Å². The minimum atomic E-state index is -0.0115. The van der Waals surface area contributed by atoms with Crippen LogP contribution in [-0.2, 0) is 0 Å². The molecule has 1 heterocycles. The van der Waals surface area contributed by atoms with Gasteiger partial charge in [0.2, 0.25) is 0 Å². The molecule has 0 aliphatic carbocycles. The summed E-state index contributed by atoms with van der Waals surface area (Å²) in [6.07, 6.45) is 4.18. The van der Waals surface area contributed by atoms with Crippen LogP contribution in [0.5, 0.6) is 0 Å². The molecule has 1 aliphatic heterocycles. The second kappa shape index (κ2) is 10.1. The second-order valence-electron chi connectivity index (χ2n) is 6.11. The Morgan fingerprint density at radius 1 is 1.04 bits per heavy atom. The van der Waals surface area contributed by atoms with Gasteiger partial charge in [-0.1, -0.05) is 85.0 Å². The minimum Gasteiger partial charge on any atom is -0.344 e. The lowest BCUT2D eigenvalue weighted by molar-refractivity contribution is 0.458. The summed E-state index contributed by atoms with van der Waals surface area (Å²) in [5, 5.41) is 2.24. The molecule has 0 saturated heterocycles. The summed E-state index contributed by atoms with van der Waals surface area (Å²) in [5.74, 6) is 0. The molecule has 1 heteroatoms. The Bertz CT molecular complexity index is 745. The zero-order valence-electron chi connectivity index (χ0n) is 17.8. The third-order valence-electron chi connectivity index (χ3n) is 4.70. The highest BCUT2D eigenvalue weighted by Gasteiger charge is 2.36. The largest absolute Gasteiger partial charge is 0.344 e. The van der Waals surface area contributed by atoms with Crippen molar-refractivity contribution in [3.63, 3.8) is 0 Å². The molecule has 1 aromatic rings. The molecule has 0 fully saturated rings. The van der Waals surface area contributed by atoms with Crippen molar-refractivity contribution in [3.05, 3.63) is 70.3 Å². The van der Waals surface area contributed by atoms with Crippen LogP contribution < -0.4 is 10.4 Å². The van der Waals surface area contributed by atoms with Crippen LogP contribution in [0.25, 0.3) is 12.3 Å². The fraction of sp³-hybridized carbons (Fsp3) is 0.417. The van der Waals surface area contributed by atoms with Crippen LogP contribution in [0, 0.1) is 5.41 Å². The van der Waals surface area contributed by atoms with Gasteiger partial charge in [0.05, 0.1) is 5.70 Å². The monoisotopic (exact) mass is 339 g/mol. The lowest BCUT2D eigenvalue weighted by Crippen LogP contribution is -2.39. The zero-order chi connectivity index (χ0) is 19.8. The fourth-order valence-electron chi connectivity index (χ4n) is 3.24. The van der Waals surface area contributed by atoms with Crippen molar-refractivity contribution in [1.82, 2.24) is 4.90 Å². The third-order valence-corrected chi connectivity index (χ3v) is 4.70. The molecule has 0 spiro atoms. The number of hydrogen-bond acceptors (Lipinski definition) is 1. The maximum atomic E-state index is 4.20. The third kappa shape index (κ3) is 4.34. The van der Waals surface area contributed by atoms with Crippen molar-refractivity contribution >= 4 is 12.3 Å². The van der Waals surface area contributed by atoms with E-state index in [1.807, 2.05) is 39.8 Å². The Labute approximate surface area is 155 Å². The average molecular weight is 340 g/mol. The van der Waals surface area contributed by atoms with Gasteiger partial charge in [-0.25, -0.2) is 0 Å². The molecule has 0 bridgehead atoms. The number of nitrogens with zero attached hydrogens (tertiary/aromatic N) is 1. The van der Waals surface area contributed by atoms with Crippen molar-refractivity contribution < 1.29 is 0 Å². The molecule has 0 saturated carbocycles. The molecule has 0 N–H and O–H groups in total. The summed E-state index contributed by atoms with van der Waals surface area (Å²) in [4.78, 5) is 2.24. The molecule has 1 aliphatic rings. The normalized spacial score (nSPS) is 19.6. The maximum Gasteiger partial charge on any atom is 0.0525 e. The summed E-state index contributed by atoms with van der Waals surface area (Å²) in [6, 6.07) is 8.32. The lowest BCUT2D eigenvalue weighted by atomic mass is 9.72. The molecular weight excluding hydrogens is 302 g/mol. The smallest absolute Gasteiger partial charge is 0.0525 e. The van der Waals surface area contributed by atoms with Gasteiger partial charge in [-0.05, 0) is 36.3 Å². The van der Waals surface area contributed by atoms with E-state index in [-0.39, 0.29) is 5.41 Å². The molecule has 2 rings (SSSR count). The van der Waals surface area contributed by atoms with E-state index in [9.17, 15) is 0 Å². The summed E-state index contributed by atoms with van der Waals surface area (Å²) < 4.78 is 0. The Morgan fingerprint density at radius 3 is 2.00 bits per heavy atom. The van der Waals surface area contributed by atoms with Crippen LogP contribution in [0.3, 0.4) is 0 Å². The summed E-state index contributed by atoms with van der Waals surface area (Å²) in [7, 11) is 2.11. The lowest BCUT2D eigenvalue weighted by Gasteiger charge is -2.43. The molecular formula is C24H37N. The SMILES string of the molecule is C=CC1=C(C)C(C)(C)C(=C/C)/C(=c2/ccccc2=C)N1C.CC.CC. The van der Waals surface area contributed by atoms with Crippen LogP contribution in [0.4, 0.5) is 0 Å². The quantitative estimate of drug-likeness (QED) is 0.640. The van der Waals surface area contributed by atoms with Crippen molar-refractivity contribution in [2.45, 2.75) is 55.4 Å². The molecule has 0 radical (unpaired) electrons. The Hall–Kier alpha value is -2.02. The van der Waals surface area contributed by atoms with E-state index in [1.54, 1.807) is 0 Å². The van der Waals surface area contributed by atoms with Crippen LogP contribution in [0.1, 0.15) is 55.4 Å². The number of benzene rings is 1. The fourth-order valence-corrected chi connectivity index (χ4v) is 3.24. The van der Waals surface area contributed by atoms with Gasteiger partial charge in [0.25, 0.3) is 0 Å². The highest BCUT2D eigenvalue weighted by molar-refractivity contribution is 5.71. The molecule has 1 nitrogen and oxygen atoms in total. The van der Waals surface area contributed by atoms with E-state index in [2.05, 4.69) is 77.1 Å². The van der Waals surface area contributed by atoms with E-state index in [4.69, 9.17) is 0 Å². The average Bonchev–Trinajstić information content (AvgIpc) is 2.63. The minimum absolute atomic E-state index is 0.0115. The van der Waals surface area contributed by atoms with Gasteiger partial charge in [-0.2, -0.15) is 0 Å². The number of allylic oxidation sites excluding steroid dienone is 3. The van der Waals surface area contributed by atoms with Crippen molar-refractivity contribution in [2.24, 2.45) is 5.41 Å². The van der Waals surface area contributed by atoms with Gasteiger partial charge in [-0.15, -0.1) is 0 Å². The summed E-state index contributed by atoms with van der Waals surface area (Å²) in [6.45, 7) is 25.1. The van der Waals surface area contributed by atoms with Gasteiger partial charge in [0.1, 0.15) is 0 Å². The predicted molar refractivity (Wildman–Crippen MR) is 116 cm³/mol. The highest BCUT2D eigenvalue weighted by Crippen LogP contribution is 2.46. The molecule has 1 aromatic carbocycles. The predicted octanol–water partition coefficient (Wildman–Crippen LogP) is 5.64. The Morgan fingerprint density at radius 2 is 1.56 bits per heavy atom. The van der Waals surface area contributed by atoms with Gasteiger partial charge >= 0.3 is 0 Å². The van der Waals surface area contributed by atoms with Gasteiger partial charge in [0.15, 0.2) is 0 Å². The second-order valence-corrected chi connectivity index (χ2v) is 6.11. The summed E-state index contributed by atoms with van der Waals surface area (Å²) in [5.41, 5.74) is 5.09. The molecule has 0 unspecified atom stereocenters. The van der Waals surface area contributed by atoms with Crippen molar-refractivity contribution in [2.75, 3.05) is 7.05 Å². The van der Waals surface area contributed by atoms with Crippen LogP contribution in [0.2, 0.25) is 0 Å². The van der Waals surface area contributed by atoms with E-state index in [0.29, 0.717) is 0 Å². The van der Waals surface area contributed by atoms with Crippen LogP contribution >= 0.6 is 0 Å². The zero-order valence-corrected chi connectivity index (χ0v) is 17.8.